The smallest absolute Gasteiger partial charge is 0.243 e. The number of hydrogen-bond donors (Lipinski definition) is 1. The third kappa shape index (κ3) is 3.25. The quantitative estimate of drug-likeness (QED) is 0.900. The van der Waals surface area contributed by atoms with E-state index >= 15 is 0 Å². The minimum absolute atomic E-state index is 0. The van der Waals surface area contributed by atoms with E-state index in [1.54, 1.807) is 22.5 Å². The van der Waals surface area contributed by atoms with Crippen LogP contribution in [0.2, 0.25) is 0 Å². The van der Waals surface area contributed by atoms with E-state index in [-0.39, 0.29) is 18.5 Å². The van der Waals surface area contributed by atoms with Crippen LogP contribution in [0.3, 0.4) is 0 Å². The molecule has 0 radical (unpaired) electrons. The predicted molar refractivity (Wildman–Crippen MR) is 88.3 cm³/mol. The molecule has 1 saturated heterocycles. The molecule has 3 rings (SSSR count). The topological polar surface area (TPSA) is 58.6 Å². The summed E-state index contributed by atoms with van der Waals surface area (Å²) in [5, 5.41) is 3.12. The monoisotopic (exact) mass is 346 g/mol. The molecule has 7 heteroatoms. The summed E-state index contributed by atoms with van der Waals surface area (Å²) >= 11 is 0. The Labute approximate surface area is 138 Å². The fraction of sp³-hybridized carbons (Fsp3) is 0.600. The van der Waals surface area contributed by atoms with Crippen molar-refractivity contribution < 1.29 is 13.2 Å². The lowest BCUT2D eigenvalue weighted by Gasteiger charge is -2.17. The molecule has 1 aromatic carbocycles. The van der Waals surface area contributed by atoms with Gasteiger partial charge in [0.15, 0.2) is 0 Å². The van der Waals surface area contributed by atoms with Crippen LogP contribution >= 0.6 is 12.4 Å². The lowest BCUT2D eigenvalue weighted by atomic mass is 10.1. The van der Waals surface area contributed by atoms with Crippen LogP contribution in [0.4, 0.5) is 0 Å². The second kappa shape index (κ2) is 6.74. The number of benzene rings is 1. The molecule has 2 aliphatic rings. The Morgan fingerprint density at radius 1 is 1.41 bits per heavy atom. The summed E-state index contributed by atoms with van der Waals surface area (Å²) in [7, 11) is -1.48. The Morgan fingerprint density at radius 2 is 2.18 bits per heavy atom. The molecule has 1 aromatic rings. The number of ether oxygens (including phenoxy) is 1. The summed E-state index contributed by atoms with van der Waals surface area (Å²) in [5.74, 6) is 1.22. The summed E-state index contributed by atoms with van der Waals surface area (Å²) < 4.78 is 32.7. The molecule has 2 heterocycles. The molecule has 0 saturated carbocycles. The minimum atomic E-state index is -3.38. The highest BCUT2D eigenvalue weighted by atomic mass is 35.5. The van der Waals surface area contributed by atoms with E-state index in [1.807, 2.05) is 14.0 Å². The van der Waals surface area contributed by atoms with Crippen LogP contribution in [0.5, 0.6) is 5.75 Å². The molecule has 0 amide bonds. The van der Waals surface area contributed by atoms with E-state index in [1.165, 1.54) is 0 Å². The summed E-state index contributed by atoms with van der Waals surface area (Å²) in [4.78, 5) is 0.393. The number of nitrogens with zero attached hydrogens (tertiary/aromatic N) is 1. The van der Waals surface area contributed by atoms with Crippen molar-refractivity contribution in [2.24, 2.45) is 5.92 Å². The Balaban J connectivity index is 0.00000176. The molecule has 1 fully saturated rings. The Bertz CT molecular complexity index is 636. The van der Waals surface area contributed by atoms with Gasteiger partial charge in [0.25, 0.3) is 0 Å². The molecule has 0 bridgehead atoms. The van der Waals surface area contributed by atoms with Crippen LogP contribution in [0.15, 0.2) is 23.1 Å². The van der Waals surface area contributed by atoms with Crippen molar-refractivity contribution in [3.05, 3.63) is 23.8 Å². The predicted octanol–water partition coefficient (Wildman–Crippen LogP) is 1.66. The highest BCUT2D eigenvalue weighted by Gasteiger charge is 2.33. The number of sulfonamides is 1. The van der Waals surface area contributed by atoms with Gasteiger partial charge in [-0.3, -0.25) is 0 Å². The van der Waals surface area contributed by atoms with Crippen LogP contribution in [0.25, 0.3) is 0 Å². The van der Waals surface area contributed by atoms with Gasteiger partial charge in [-0.1, -0.05) is 0 Å². The van der Waals surface area contributed by atoms with Crippen LogP contribution in [-0.4, -0.2) is 45.5 Å². The van der Waals surface area contributed by atoms with Crippen molar-refractivity contribution in [3.8, 4) is 5.75 Å². The van der Waals surface area contributed by atoms with E-state index in [4.69, 9.17) is 4.74 Å². The summed E-state index contributed by atoms with van der Waals surface area (Å²) in [6.07, 6.45) is 1.83. The van der Waals surface area contributed by atoms with Crippen molar-refractivity contribution in [2.75, 3.05) is 26.7 Å². The third-order valence-corrected chi connectivity index (χ3v) is 6.11. The van der Waals surface area contributed by atoms with Gasteiger partial charge in [0, 0.05) is 19.5 Å². The van der Waals surface area contributed by atoms with Gasteiger partial charge in [-0.15, -0.1) is 12.4 Å². The van der Waals surface area contributed by atoms with Gasteiger partial charge in [0.2, 0.25) is 10.0 Å². The van der Waals surface area contributed by atoms with Gasteiger partial charge in [-0.25, -0.2) is 8.42 Å². The standard InChI is InChI=1S/C15H22N2O3S.ClH/c1-11-7-13-8-14(3-4-15(13)20-11)21(18,19)17-6-5-12(10-17)9-16-2;/h3-4,8,11-12,16H,5-7,9-10H2,1-2H3;1H. The van der Waals surface area contributed by atoms with Crippen LogP contribution in [-0.2, 0) is 16.4 Å². The Morgan fingerprint density at radius 3 is 2.91 bits per heavy atom. The van der Waals surface area contributed by atoms with E-state index in [0.29, 0.717) is 23.9 Å². The molecule has 22 heavy (non-hydrogen) atoms. The van der Waals surface area contributed by atoms with Crippen molar-refractivity contribution in [1.29, 1.82) is 0 Å². The van der Waals surface area contributed by atoms with Gasteiger partial charge < -0.3 is 10.1 Å². The molecule has 2 atom stereocenters. The molecular weight excluding hydrogens is 324 g/mol. The number of halogens is 1. The first-order valence-corrected chi connectivity index (χ1v) is 8.89. The highest BCUT2D eigenvalue weighted by molar-refractivity contribution is 7.89. The van der Waals surface area contributed by atoms with Gasteiger partial charge in [0.1, 0.15) is 11.9 Å². The van der Waals surface area contributed by atoms with Crippen molar-refractivity contribution in [3.63, 3.8) is 0 Å². The first-order chi connectivity index (χ1) is 10.0. The van der Waals surface area contributed by atoms with Crippen molar-refractivity contribution in [1.82, 2.24) is 9.62 Å². The zero-order valence-corrected chi connectivity index (χ0v) is 14.5. The van der Waals surface area contributed by atoms with Gasteiger partial charge in [-0.05, 0) is 56.6 Å². The third-order valence-electron chi connectivity index (χ3n) is 4.25. The maximum absolute atomic E-state index is 12.7. The fourth-order valence-corrected chi connectivity index (χ4v) is 4.76. The summed E-state index contributed by atoms with van der Waals surface area (Å²) in [6, 6.07) is 5.23. The maximum Gasteiger partial charge on any atom is 0.243 e. The SMILES string of the molecule is CNCC1CCN(S(=O)(=O)c2ccc3c(c2)CC(C)O3)C1.Cl. The molecule has 1 N–H and O–H groups in total. The van der Waals surface area contributed by atoms with E-state index in [9.17, 15) is 8.42 Å². The molecule has 5 nitrogen and oxygen atoms in total. The molecule has 2 unspecified atom stereocenters. The van der Waals surface area contributed by atoms with Gasteiger partial charge in [0.05, 0.1) is 4.90 Å². The summed E-state index contributed by atoms with van der Waals surface area (Å²) in [6.45, 7) is 4.07. The van der Waals surface area contributed by atoms with Crippen LogP contribution < -0.4 is 10.1 Å². The second-order valence-corrected chi connectivity index (χ2v) is 7.92. The molecule has 0 aromatic heterocycles. The number of nitrogens with one attached hydrogen (secondary N) is 1. The fourth-order valence-electron chi connectivity index (χ4n) is 3.18. The highest BCUT2D eigenvalue weighted by Crippen LogP contribution is 2.32. The minimum Gasteiger partial charge on any atom is -0.490 e. The summed E-state index contributed by atoms with van der Waals surface area (Å²) in [5.41, 5.74) is 0.995. The maximum atomic E-state index is 12.7. The second-order valence-electron chi connectivity index (χ2n) is 5.98. The van der Waals surface area contributed by atoms with Crippen molar-refractivity contribution in [2.45, 2.75) is 30.8 Å². The van der Waals surface area contributed by atoms with Gasteiger partial charge in [-0.2, -0.15) is 4.31 Å². The number of rotatable bonds is 4. The van der Waals surface area contributed by atoms with Crippen LogP contribution in [0, 0.1) is 5.92 Å². The average Bonchev–Trinajstić information content (AvgIpc) is 3.03. The molecule has 2 aliphatic heterocycles. The molecule has 124 valence electrons. The normalized spacial score (nSPS) is 24.6. The number of fused-ring (bicyclic) bond motifs is 1. The van der Waals surface area contributed by atoms with Crippen LogP contribution in [0.1, 0.15) is 18.9 Å². The average molecular weight is 347 g/mol. The van der Waals surface area contributed by atoms with Crippen molar-refractivity contribution >= 4 is 22.4 Å². The molecule has 0 aliphatic carbocycles. The van der Waals surface area contributed by atoms with E-state index < -0.39 is 10.0 Å². The lowest BCUT2D eigenvalue weighted by Crippen LogP contribution is -2.30. The van der Waals surface area contributed by atoms with E-state index in [2.05, 4.69) is 5.32 Å². The lowest BCUT2D eigenvalue weighted by molar-refractivity contribution is 0.254. The Kier molecular flexibility index (Phi) is 5.37. The largest absolute Gasteiger partial charge is 0.490 e. The molecular formula is C15H23ClN2O3S. The Hall–Kier alpha value is -0.820. The first-order valence-electron chi connectivity index (χ1n) is 7.45. The first kappa shape index (κ1) is 17.5. The zero-order valence-electron chi connectivity index (χ0n) is 12.9. The zero-order chi connectivity index (χ0) is 15.0. The van der Waals surface area contributed by atoms with Gasteiger partial charge >= 0.3 is 0 Å². The molecule has 0 spiro atoms. The number of hydrogen-bond acceptors (Lipinski definition) is 4. The van der Waals surface area contributed by atoms with E-state index in [0.717, 1.165) is 30.7 Å².